The van der Waals surface area contributed by atoms with E-state index in [1.165, 1.54) is 0 Å². The van der Waals surface area contributed by atoms with E-state index in [0.717, 1.165) is 11.1 Å². The van der Waals surface area contributed by atoms with Crippen LogP contribution in [-0.4, -0.2) is 59.1 Å². The molecule has 9 heteroatoms. The van der Waals surface area contributed by atoms with Crippen molar-refractivity contribution < 1.29 is 28.7 Å². The maximum Gasteiger partial charge on any atom is 0.408 e. The Labute approximate surface area is 234 Å². The number of ether oxygens (including phenoxy) is 2. The minimum atomic E-state index is -1.01. The van der Waals surface area contributed by atoms with E-state index in [4.69, 9.17) is 9.47 Å². The lowest BCUT2D eigenvalue weighted by molar-refractivity contribution is -0.150. The summed E-state index contributed by atoms with van der Waals surface area (Å²) in [4.78, 5) is 54.5. The summed E-state index contributed by atoms with van der Waals surface area (Å²) in [6.07, 6.45) is -0.0696. The largest absolute Gasteiger partial charge is 0.466 e. The van der Waals surface area contributed by atoms with Crippen LogP contribution in [0.4, 0.5) is 4.79 Å². The van der Waals surface area contributed by atoms with Gasteiger partial charge in [0.15, 0.2) is 0 Å². The lowest BCUT2D eigenvalue weighted by atomic mass is 9.88. The van der Waals surface area contributed by atoms with Crippen molar-refractivity contribution in [3.63, 3.8) is 0 Å². The first-order valence-corrected chi connectivity index (χ1v) is 13.8. The molecule has 0 saturated heterocycles. The number of nitrogens with one attached hydrogen (secondary N) is 2. The molecule has 0 bridgehead atoms. The van der Waals surface area contributed by atoms with Gasteiger partial charge in [0.25, 0.3) is 0 Å². The van der Waals surface area contributed by atoms with Crippen molar-refractivity contribution in [1.82, 2.24) is 15.5 Å². The van der Waals surface area contributed by atoms with Crippen LogP contribution in [0.1, 0.15) is 97.9 Å². The van der Waals surface area contributed by atoms with Gasteiger partial charge in [-0.25, -0.2) is 4.79 Å². The summed E-state index contributed by atoms with van der Waals surface area (Å²) in [5.41, 5.74) is 0.854. The fraction of sp³-hybridized carbons (Fsp3) is 0.667. The summed E-state index contributed by atoms with van der Waals surface area (Å²) in [6.45, 7) is 20.5. The molecule has 0 spiro atoms. The fourth-order valence-electron chi connectivity index (χ4n) is 4.37. The van der Waals surface area contributed by atoms with Gasteiger partial charge in [-0.05, 0) is 84.9 Å². The third-order valence-electron chi connectivity index (χ3n) is 6.37. The second-order valence-corrected chi connectivity index (χ2v) is 11.9. The SMILES string of the molecule is CCOC(=O)CCNC(=O)C(c1c(C)cccc1C)N(C(=O)C(NC(=O)OC(C)(C)C)C(C)CC)C(C)(C)C. The number of carbonyl (C=O) groups excluding carboxylic acids is 4. The second-order valence-electron chi connectivity index (χ2n) is 11.9. The molecule has 0 heterocycles. The van der Waals surface area contributed by atoms with Gasteiger partial charge in [-0.15, -0.1) is 0 Å². The van der Waals surface area contributed by atoms with Crippen LogP contribution in [0.5, 0.6) is 0 Å². The Morgan fingerprint density at radius 1 is 0.974 bits per heavy atom. The number of rotatable bonds is 11. The van der Waals surface area contributed by atoms with Gasteiger partial charge in [0, 0.05) is 12.1 Å². The van der Waals surface area contributed by atoms with Crippen LogP contribution in [0.3, 0.4) is 0 Å². The third kappa shape index (κ3) is 10.2. The van der Waals surface area contributed by atoms with Crippen molar-refractivity contribution in [3.05, 3.63) is 34.9 Å². The van der Waals surface area contributed by atoms with Gasteiger partial charge in [0.1, 0.15) is 17.7 Å². The van der Waals surface area contributed by atoms with Crippen LogP contribution in [0.25, 0.3) is 0 Å². The number of carbonyl (C=O) groups is 4. The quantitative estimate of drug-likeness (QED) is 0.378. The molecule has 39 heavy (non-hydrogen) atoms. The fourth-order valence-corrected chi connectivity index (χ4v) is 4.37. The summed E-state index contributed by atoms with van der Waals surface area (Å²) < 4.78 is 10.4. The third-order valence-corrected chi connectivity index (χ3v) is 6.37. The maximum absolute atomic E-state index is 14.4. The highest BCUT2D eigenvalue weighted by Crippen LogP contribution is 2.34. The van der Waals surface area contributed by atoms with Gasteiger partial charge >= 0.3 is 12.1 Å². The molecule has 3 unspecified atom stereocenters. The lowest BCUT2D eigenvalue weighted by Crippen LogP contribution is -2.60. The zero-order valence-electron chi connectivity index (χ0n) is 25.7. The van der Waals surface area contributed by atoms with Crippen LogP contribution in [0, 0.1) is 19.8 Å². The number of alkyl carbamates (subject to hydrolysis) is 1. The van der Waals surface area contributed by atoms with E-state index in [9.17, 15) is 19.2 Å². The predicted octanol–water partition coefficient (Wildman–Crippen LogP) is 4.98. The number of hydrogen-bond acceptors (Lipinski definition) is 6. The zero-order valence-corrected chi connectivity index (χ0v) is 25.7. The number of amides is 3. The smallest absolute Gasteiger partial charge is 0.408 e. The van der Waals surface area contributed by atoms with E-state index in [1.807, 2.05) is 66.7 Å². The average molecular weight is 548 g/mol. The lowest BCUT2D eigenvalue weighted by Gasteiger charge is -2.44. The molecule has 0 saturated carbocycles. The van der Waals surface area contributed by atoms with Gasteiger partial charge < -0.3 is 25.0 Å². The summed E-state index contributed by atoms with van der Waals surface area (Å²) in [5, 5.41) is 5.62. The van der Waals surface area contributed by atoms with Gasteiger partial charge in [0.2, 0.25) is 11.8 Å². The van der Waals surface area contributed by atoms with Crippen LogP contribution >= 0.6 is 0 Å². The van der Waals surface area contributed by atoms with E-state index in [-0.39, 0.29) is 25.5 Å². The topological polar surface area (TPSA) is 114 Å². The number of hydrogen-bond donors (Lipinski definition) is 2. The highest BCUT2D eigenvalue weighted by molar-refractivity contribution is 5.93. The number of esters is 1. The highest BCUT2D eigenvalue weighted by Gasteiger charge is 2.43. The molecular formula is C30H49N3O6. The van der Waals surface area contributed by atoms with Crippen molar-refractivity contribution in [2.45, 2.75) is 112 Å². The molecule has 1 aromatic rings. The Bertz CT molecular complexity index is 989. The van der Waals surface area contributed by atoms with Crippen LogP contribution in [-0.2, 0) is 23.9 Å². The standard InChI is InChI=1S/C30H49N3O6/c1-12-19(3)24(32-28(37)39-30(9,10)11)27(36)33(29(6,7)8)25(23-20(4)15-14-16-21(23)5)26(35)31-18-17-22(34)38-13-2/h14-16,19,24-25H,12-13,17-18H2,1-11H3,(H,31,35)(H,32,37). The average Bonchev–Trinajstić information content (AvgIpc) is 2.79. The molecule has 0 aliphatic carbocycles. The molecular weight excluding hydrogens is 498 g/mol. The number of nitrogens with zero attached hydrogens (tertiary/aromatic N) is 1. The minimum Gasteiger partial charge on any atom is -0.466 e. The van der Waals surface area contributed by atoms with Gasteiger partial charge in [-0.3, -0.25) is 14.4 Å². The van der Waals surface area contributed by atoms with Crippen LogP contribution in [0.15, 0.2) is 18.2 Å². The van der Waals surface area contributed by atoms with Crippen molar-refractivity contribution in [2.75, 3.05) is 13.2 Å². The van der Waals surface area contributed by atoms with Crippen molar-refractivity contribution in [2.24, 2.45) is 5.92 Å². The summed E-state index contributed by atoms with van der Waals surface area (Å²) in [6, 6.07) is 3.77. The van der Waals surface area contributed by atoms with E-state index in [1.54, 1.807) is 32.6 Å². The predicted molar refractivity (Wildman–Crippen MR) is 152 cm³/mol. The highest BCUT2D eigenvalue weighted by atomic mass is 16.6. The van der Waals surface area contributed by atoms with Crippen molar-refractivity contribution >= 4 is 23.9 Å². The molecule has 0 aliphatic rings. The molecule has 0 fully saturated rings. The first-order chi connectivity index (χ1) is 17.9. The normalized spacial score (nSPS) is 14.0. The Morgan fingerprint density at radius 3 is 2.00 bits per heavy atom. The molecule has 0 aromatic heterocycles. The van der Waals surface area contributed by atoms with E-state index < -0.39 is 47.1 Å². The first kappa shape index (κ1) is 33.9. The Hall–Kier alpha value is -3.10. The monoisotopic (exact) mass is 547 g/mol. The Balaban J connectivity index is 3.61. The molecule has 2 N–H and O–H groups in total. The molecule has 3 amide bonds. The van der Waals surface area contributed by atoms with E-state index in [0.29, 0.717) is 12.0 Å². The van der Waals surface area contributed by atoms with Gasteiger partial charge in [-0.1, -0.05) is 38.5 Å². The van der Waals surface area contributed by atoms with Crippen molar-refractivity contribution in [1.29, 1.82) is 0 Å². The molecule has 0 radical (unpaired) electrons. The van der Waals surface area contributed by atoms with Crippen LogP contribution < -0.4 is 10.6 Å². The van der Waals surface area contributed by atoms with E-state index in [2.05, 4.69) is 10.6 Å². The molecule has 3 atom stereocenters. The van der Waals surface area contributed by atoms with Gasteiger partial charge in [0.05, 0.1) is 13.0 Å². The number of benzene rings is 1. The Morgan fingerprint density at radius 2 is 1.54 bits per heavy atom. The van der Waals surface area contributed by atoms with Crippen molar-refractivity contribution in [3.8, 4) is 0 Å². The molecule has 1 rings (SSSR count). The molecule has 9 nitrogen and oxygen atoms in total. The second kappa shape index (κ2) is 14.3. The molecule has 1 aromatic carbocycles. The summed E-state index contributed by atoms with van der Waals surface area (Å²) >= 11 is 0. The van der Waals surface area contributed by atoms with E-state index >= 15 is 0 Å². The summed E-state index contributed by atoms with van der Waals surface area (Å²) in [5.74, 6) is -1.46. The summed E-state index contributed by atoms with van der Waals surface area (Å²) in [7, 11) is 0. The maximum atomic E-state index is 14.4. The minimum absolute atomic E-state index is 0.0121. The van der Waals surface area contributed by atoms with Gasteiger partial charge in [-0.2, -0.15) is 0 Å². The number of aryl methyl sites for hydroxylation is 2. The van der Waals surface area contributed by atoms with Crippen LogP contribution in [0.2, 0.25) is 0 Å². The zero-order chi connectivity index (χ0) is 30.1. The Kier molecular flexibility index (Phi) is 12.5. The first-order valence-electron chi connectivity index (χ1n) is 13.8. The molecule has 220 valence electrons. The molecule has 0 aliphatic heterocycles.